The first kappa shape index (κ1) is 28.2. The number of carbonyl (C=O) groups is 2. The molecule has 0 aliphatic carbocycles. The van der Waals surface area contributed by atoms with Crippen molar-refractivity contribution >= 4 is 17.8 Å². The van der Waals surface area contributed by atoms with Gasteiger partial charge in [0.2, 0.25) is 0 Å². The van der Waals surface area contributed by atoms with Crippen LogP contribution in [0.4, 0.5) is 15.0 Å². The molecule has 2 aromatic heterocycles. The number of hydrogen-bond donors (Lipinski definition) is 2. The van der Waals surface area contributed by atoms with E-state index in [1.54, 1.807) is 51.8 Å². The van der Waals surface area contributed by atoms with E-state index in [2.05, 4.69) is 10.1 Å². The number of rotatable bonds is 3. The van der Waals surface area contributed by atoms with Gasteiger partial charge in [-0.25, -0.2) is 23.8 Å². The van der Waals surface area contributed by atoms with Crippen LogP contribution in [0.3, 0.4) is 0 Å². The average Bonchev–Trinajstić information content (AvgIpc) is 3.46. The van der Waals surface area contributed by atoms with Gasteiger partial charge >= 0.3 is 6.09 Å². The van der Waals surface area contributed by atoms with Crippen LogP contribution in [0.15, 0.2) is 36.5 Å². The van der Waals surface area contributed by atoms with Crippen LogP contribution >= 0.6 is 0 Å². The van der Waals surface area contributed by atoms with Gasteiger partial charge in [0.05, 0.1) is 57.6 Å². The van der Waals surface area contributed by atoms with Crippen molar-refractivity contribution in [1.82, 2.24) is 19.7 Å². The molecular formula is C29H31FN6O5. The van der Waals surface area contributed by atoms with Crippen molar-refractivity contribution in [3.05, 3.63) is 59.2 Å². The molecule has 2 aliphatic rings. The second-order valence-electron chi connectivity index (χ2n) is 12.1. The first-order chi connectivity index (χ1) is 19.1. The summed E-state index contributed by atoms with van der Waals surface area (Å²) in [5.74, 6) is -0.900. The van der Waals surface area contributed by atoms with Gasteiger partial charge in [0.25, 0.3) is 5.91 Å². The molecule has 2 atom stereocenters. The summed E-state index contributed by atoms with van der Waals surface area (Å²) in [5.41, 5.74) is -2.59. The highest BCUT2D eigenvalue weighted by molar-refractivity contribution is 6.08. The number of anilines is 1. The van der Waals surface area contributed by atoms with Gasteiger partial charge in [0, 0.05) is 31.8 Å². The van der Waals surface area contributed by atoms with Gasteiger partial charge in [-0.1, -0.05) is 6.07 Å². The van der Waals surface area contributed by atoms with Crippen molar-refractivity contribution in [2.75, 3.05) is 18.0 Å². The summed E-state index contributed by atoms with van der Waals surface area (Å²) in [6.45, 7) is 8.54. The molecule has 1 fully saturated rings. The number of nitrogens with zero attached hydrogens (tertiary/aromatic N) is 6. The molecular weight excluding hydrogens is 531 g/mol. The lowest BCUT2D eigenvalue weighted by atomic mass is 9.84. The molecule has 11 nitrogen and oxygen atoms in total. The van der Waals surface area contributed by atoms with E-state index in [0.29, 0.717) is 5.82 Å². The minimum Gasteiger partial charge on any atom is -0.443 e. The van der Waals surface area contributed by atoms with E-state index in [-0.39, 0.29) is 59.8 Å². The van der Waals surface area contributed by atoms with E-state index >= 15 is 4.39 Å². The summed E-state index contributed by atoms with van der Waals surface area (Å²) in [6.07, 6.45) is 0.926. The van der Waals surface area contributed by atoms with Crippen LogP contribution in [0.2, 0.25) is 0 Å². The molecule has 0 radical (unpaired) electrons. The third-order valence-corrected chi connectivity index (χ3v) is 6.82. The predicted molar refractivity (Wildman–Crippen MR) is 146 cm³/mol. The summed E-state index contributed by atoms with van der Waals surface area (Å²) in [5, 5.41) is 35.7. The minimum absolute atomic E-state index is 0.0438. The fraction of sp³-hybridized carbons (Fsp3) is 0.414. The molecule has 0 spiro atoms. The van der Waals surface area contributed by atoms with Crippen LogP contribution in [-0.2, 0) is 11.3 Å². The van der Waals surface area contributed by atoms with E-state index in [0.717, 1.165) is 4.90 Å². The highest BCUT2D eigenvalue weighted by atomic mass is 19.1. The third-order valence-electron chi connectivity index (χ3n) is 6.82. The van der Waals surface area contributed by atoms with Gasteiger partial charge in [0.1, 0.15) is 11.4 Å². The van der Waals surface area contributed by atoms with Crippen LogP contribution in [-0.4, -0.2) is 71.8 Å². The van der Waals surface area contributed by atoms with Crippen LogP contribution in [0, 0.1) is 17.1 Å². The summed E-state index contributed by atoms with van der Waals surface area (Å²) in [6, 6.07) is 9.19. The van der Waals surface area contributed by atoms with E-state index in [4.69, 9.17) is 4.74 Å². The third kappa shape index (κ3) is 5.51. The van der Waals surface area contributed by atoms with Crippen molar-refractivity contribution < 1.29 is 28.9 Å². The van der Waals surface area contributed by atoms with Crippen molar-refractivity contribution in [1.29, 1.82) is 5.26 Å². The van der Waals surface area contributed by atoms with Crippen LogP contribution in [0.1, 0.15) is 62.7 Å². The Balaban J connectivity index is 1.63. The number of imide groups is 1. The number of nitriles is 1. The number of amides is 2. The Kier molecular flexibility index (Phi) is 6.63. The summed E-state index contributed by atoms with van der Waals surface area (Å²) < 4.78 is 21.9. The molecule has 1 aromatic carbocycles. The highest BCUT2D eigenvalue weighted by Gasteiger charge is 2.42. The molecule has 2 aliphatic heterocycles. The first-order valence-electron chi connectivity index (χ1n) is 13.1. The fourth-order valence-corrected chi connectivity index (χ4v) is 5.53. The Morgan fingerprint density at radius 1 is 1.15 bits per heavy atom. The normalized spacial score (nSPS) is 22.5. The zero-order valence-corrected chi connectivity index (χ0v) is 23.5. The quantitative estimate of drug-likeness (QED) is 0.490. The summed E-state index contributed by atoms with van der Waals surface area (Å²) in [7, 11) is 0. The zero-order chi connectivity index (χ0) is 29.9. The summed E-state index contributed by atoms with van der Waals surface area (Å²) in [4.78, 5) is 33.7. The number of β-amino-alcohol motifs (C(OH)–C–C–N with tert-alkyl or cyclic N) is 2. The molecule has 3 aromatic rings. The number of halogens is 1. The Labute approximate surface area is 236 Å². The Hall–Kier alpha value is -4.34. The number of piperidine rings is 1. The smallest absolute Gasteiger partial charge is 0.417 e. The second kappa shape index (κ2) is 9.64. The maximum atomic E-state index is 15.0. The molecule has 2 N–H and O–H groups in total. The number of fused-ring (bicyclic) bond motifs is 1. The Morgan fingerprint density at radius 2 is 1.83 bits per heavy atom. The van der Waals surface area contributed by atoms with Gasteiger partial charge < -0.3 is 19.8 Å². The van der Waals surface area contributed by atoms with Gasteiger partial charge in [0.15, 0.2) is 5.82 Å². The minimum atomic E-state index is -1.17. The van der Waals surface area contributed by atoms with Crippen LogP contribution in [0.5, 0.6) is 0 Å². The van der Waals surface area contributed by atoms with Crippen molar-refractivity contribution in [2.24, 2.45) is 0 Å². The molecule has 2 amide bonds. The highest BCUT2D eigenvalue weighted by Crippen LogP contribution is 2.35. The van der Waals surface area contributed by atoms with Crippen LogP contribution in [0.25, 0.3) is 16.9 Å². The molecule has 5 rings (SSSR count). The SMILES string of the molecule is CC(C)(C)OC(=O)N1Cc2nc(-c3c(F)cccc3C#N)cc(-n3ccc(N4C[C@](C)(O)C[C@](C)(O)C4)n3)c2C1=O. The Bertz CT molecular complexity index is 1580. The molecule has 0 saturated carbocycles. The lowest BCUT2D eigenvalue weighted by Gasteiger charge is -2.44. The number of benzene rings is 1. The number of hydrogen-bond acceptors (Lipinski definition) is 9. The first-order valence-corrected chi connectivity index (χ1v) is 13.1. The number of pyridine rings is 1. The Morgan fingerprint density at radius 3 is 2.46 bits per heavy atom. The summed E-state index contributed by atoms with van der Waals surface area (Å²) >= 11 is 0. The van der Waals surface area contributed by atoms with Crippen molar-refractivity contribution in [3.8, 4) is 23.0 Å². The van der Waals surface area contributed by atoms with Gasteiger partial charge in [-0.05, 0) is 52.8 Å². The van der Waals surface area contributed by atoms with Gasteiger partial charge in [-0.15, -0.1) is 0 Å². The topological polar surface area (TPSA) is 145 Å². The average molecular weight is 563 g/mol. The monoisotopic (exact) mass is 562 g/mol. The number of ether oxygens (including phenoxy) is 1. The number of carbonyl (C=O) groups excluding carboxylic acids is 2. The molecule has 1 saturated heterocycles. The van der Waals surface area contributed by atoms with Gasteiger partial charge in [-0.2, -0.15) is 10.4 Å². The standard InChI is InChI=1S/C29H31FN6O5/c1-27(2,3)41-26(38)35-13-20-24(25(35)37)21(11-19(32-20)23-17(12-31)7-6-8-18(23)30)36-10-9-22(33-36)34-15-28(4,39)14-29(5,40)16-34/h6-11,39-40H,13-16H2,1-5H3/t28-,29+. The maximum Gasteiger partial charge on any atom is 0.417 e. The van der Waals surface area contributed by atoms with E-state index in [1.165, 1.54) is 28.9 Å². The largest absolute Gasteiger partial charge is 0.443 e. The van der Waals surface area contributed by atoms with Crippen LogP contribution < -0.4 is 4.90 Å². The zero-order valence-electron chi connectivity index (χ0n) is 23.5. The van der Waals surface area contributed by atoms with Crippen molar-refractivity contribution in [2.45, 2.75) is 64.4 Å². The number of aromatic nitrogens is 3. The lowest BCUT2D eigenvalue weighted by Crippen LogP contribution is -2.57. The maximum absolute atomic E-state index is 15.0. The van der Waals surface area contributed by atoms with E-state index in [1.807, 2.05) is 6.07 Å². The molecule has 12 heteroatoms. The number of aliphatic hydroxyl groups is 2. The van der Waals surface area contributed by atoms with E-state index in [9.17, 15) is 25.1 Å². The fourth-order valence-electron chi connectivity index (χ4n) is 5.53. The molecule has 41 heavy (non-hydrogen) atoms. The predicted octanol–water partition coefficient (Wildman–Crippen LogP) is 3.55. The molecule has 4 heterocycles. The van der Waals surface area contributed by atoms with E-state index < -0.39 is 34.6 Å². The molecule has 0 unspecified atom stereocenters. The molecule has 214 valence electrons. The van der Waals surface area contributed by atoms with Gasteiger partial charge in [-0.3, -0.25) is 4.79 Å². The molecule has 0 bridgehead atoms. The lowest BCUT2D eigenvalue weighted by molar-refractivity contribution is -0.0581. The second-order valence-corrected chi connectivity index (χ2v) is 12.1. The van der Waals surface area contributed by atoms with Crippen molar-refractivity contribution in [3.63, 3.8) is 0 Å².